The number of methoxy groups -OCH3 is 1. The van der Waals surface area contributed by atoms with Gasteiger partial charge in [0, 0.05) is 31.6 Å². The number of benzene rings is 2. The zero-order valence-electron chi connectivity index (χ0n) is 19.5. The molecule has 33 heavy (non-hydrogen) atoms. The van der Waals surface area contributed by atoms with Gasteiger partial charge in [-0.3, -0.25) is 14.5 Å². The van der Waals surface area contributed by atoms with Crippen molar-refractivity contribution in [2.45, 2.75) is 43.7 Å². The van der Waals surface area contributed by atoms with Crippen molar-refractivity contribution in [3.63, 3.8) is 0 Å². The molecule has 1 heterocycles. The van der Waals surface area contributed by atoms with Gasteiger partial charge < -0.3 is 15.4 Å². The van der Waals surface area contributed by atoms with Crippen LogP contribution in [0.15, 0.2) is 53.4 Å². The fourth-order valence-electron chi connectivity index (χ4n) is 3.93. The Bertz CT molecular complexity index is 898. The number of ether oxygens (including phenoxy) is 1. The van der Waals surface area contributed by atoms with E-state index in [-0.39, 0.29) is 17.6 Å². The van der Waals surface area contributed by atoms with Crippen molar-refractivity contribution in [3.8, 4) is 0 Å². The molecule has 0 unspecified atom stereocenters. The number of thioether (sulfide) groups is 1. The number of hydrogen-bond acceptors (Lipinski definition) is 5. The highest BCUT2D eigenvalue weighted by Gasteiger charge is 2.13. The monoisotopic (exact) mass is 469 g/mol. The maximum absolute atomic E-state index is 12.9. The summed E-state index contributed by atoms with van der Waals surface area (Å²) >= 11 is 1.37. The van der Waals surface area contributed by atoms with E-state index >= 15 is 0 Å². The first-order chi connectivity index (χ1) is 16.2. The first kappa shape index (κ1) is 25.3. The summed E-state index contributed by atoms with van der Waals surface area (Å²) in [6.07, 6.45) is 5.23. The molecule has 0 aromatic heterocycles. The molecule has 2 aromatic carbocycles. The average Bonchev–Trinajstić information content (AvgIpc) is 3.10. The van der Waals surface area contributed by atoms with Crippen LogP contribution in [-0.2, 0) is 22.6 Å². The summed E-state index contributed by atoms with van der Waals surface area (Å²) in [6.45, 7) is 4.74. The van der Waals surface area contributed by atoms with Crippen molar-refractivity contribution in [1.29, 1.82) is 0 Å². The molecule has 0 spiro atoms. The summed E-state index contributed by atoms with van der Waals surface area (Å²) in [5, 5.41) is 5.84. The zero-order chi connectivity index (χ0) is 23.3. The molecule has 178 valence electrons. The molecule has 3 rings (SSSR count). The normalized spacial score (nSPS) is 14.5. The summed E-state index contributed by atoms with van der Waals surface area (Å²) < 4.78 is 4.94. The van der Waals surface area contributed by atoms with Crippen LogP contribution in [0.3, 0.4) is 0 Å². The van der Waals surface area contributed by atoms with Gasteiger partial charge in [-0.1, -0.05) is 49.2 Å². The molecule has 7 heteroatoms. The number of hydrogen-bond donors (Lipinski definition) is 2. The number of nitrogens with one attached hydrogen (secondary N) is 2. The highest BCUT2D eigenvalue weighted by Crippen LogP contribution is 2.22. The summed E-state index contributed by atoms with van der Waals surface area (Å²) in [4.78, 5) is 28.2. The molecule has 0 atom stereocenters. The average molecular weight is 470 g/mol. The third-order valence-corrected chi connectivity index (χ3v) is 6.74. The van der Waals surface area contributed by atoms with E-state index in [0.717, 1.165) is 17.0 Å². The number of rotatable bonds is 11. The molecular weight excluding hydrogens is 434 g/mol. The SMILES string of the molecule is COCCNC(=O)CSc1ccccc1C(=O)NCc1cccc(CN2CCCCCC2)c1. The van der Waals surface area contributed by atoms with Crippen LogP contribution in [0, 0.1) is 0 Å². The number of likely N-dealkylation sites (tertiary alicyclic amines) is 1. The maximum Gasteiger partial charge on any atom is 0.252 e. The van der Waals surface area contributed by atoms with E-state index in [4.69, 9.17) is 4.74 Å². The second-order valence-corrected chi connectivity index (χ2v) is 9.34. The van der Waals surface area contributed by atoms with Crippen LogP contribution >= 0.6 is 11.8 Å². The standard InChI is InChI=1S/C26H35N3O3S/c1-32-16-13-27-25(30)20-33-24-12-5-4-11-23(24)26(31)28-18-21-9-8-10-22(17-21)19-29-14-6-2-3-7-15-29/h4-5,8-12,17H,2-3,6-7,13-16,18-20H2,1H3,(H,27,30)(H,28,31). The summed E-state index contributed by atoms with van der Waals surface area (Å²) in [7, 11) is 1.60. The van der Waals surface area contributed by atoms with E-state index in [1.807, 2.05) is 18.2 Å². The highest BCUT2D eigenvalue weighted by molar-refractivity contribution is 8.00. The fourth-order valence-corrected chi connectivity index (χ4v) is 4.81. The quantitative estimate of drug-likeness (QED) is 0.386. The zero-order valence-corrected chi connectivity index (χ0v) is 20.3. The minimum atomic E-state index is -0.129. The lowest BCUT2D eigenvalue weighted by atomic mass is 10.1. The lowest BCUT2D eigenvalue weighted by Crippen LogP contribution is -2.28. The Labute approximate surface area is 201 Å². The van der Waals surface area contributed by atoms with Crippen molar-refractivity contribution < 1.29 is 14.3 Å². The van der Waals surface area contributed by atoms with Crippen LogP contribution in [0.5, 0.6) is 0 Å². The first-order valence-corrected chi connectivity index (χ1v) is 12.7. The summed E-state index contributed by atoms with van der Waals surface area (Å²) in [5.74, 6) is 0.0521. The number of nitrogens with zero attached hydrogens (tertiary/aromatic N) is 1. The molecule has 2 amide bonds. The first-order valence-electron chi connectivity index (χ1n) is 11.7. The van der Waals surface area contributed by atoms with Gasteiger partial charge in [-0.05, 0) is 49.2 Å². The largest absolute Gasteiger partial charge is 0.383 e. The molecule has 2 N–H and O–H groups in total. The topological polar surface area (TPSA) is 70.7 Å². The van der Waals surface area contributed by atoms with E-state index in [2.05, 4.69) is 39.8 Å². The van der Waals surface area contributed by atoms with Crippen molar-refractivity contribution in [1.82, 2.24) is 15.5 Å². The molecule has 0 aliphatic carbocycles. The van der Waals surface area contributed by atoms with Gasteiger partial charge in [0.1, 0.15) is 0 Å². The van der Waals surface area contributed by atoms with Gasteiger partial charge in [-0.15, -0.1) is 11.8 Å². The predicted octanol–water partition coefficient (Wildman–Crippen LogP) is 3.85. The van der Waals surface area contributed by atoms with Crippen molar-refractivity contribution in [2.75, 3.05) is 39.1 Å². The summed E-state index contributed by atoms with van der Waals surface area (Å²) in [5.41, 5.74) is 2.98. The van der Waals surface area contributed by atoms with Gasteiger partial charge in [0.25, 0.3) is 5.91 Å². The lowest BCUT2D eigenvalue weighted by molar-refractivity contribution is -0.118. The number of carbonyl (C=O) groups is 2. The summed E-state index contributed by atoms with van der Waals surface area (Å²) in [6, 6.07) is 15.9. The molecule has 1 aliphatic heterocycles. The molecular formula is C26H35N3O3S. The Hall–Kier alpha value is -2.35. The van der Waals surface area contributed by atoms with Crippen LogP contribution in [-0.4, -0.2) is 55.8 Å². The smallest absolute Gasteiger partial charge is 0.252 e. The molecule has 1 fully saturated rings. The Morgan fingerprint density at radius 3 is 2.52 bits per heavy atom. The van der Waals surface area contributed by atoms with Crippen molar-refractivity contribution >= 4 is 23.6 Å². The Balaban J connectivity index is 1.53. The van der Waals surface area contributed by atoms with Gasteiger partial charge in [-0.25, -0.2) is 0 Å². The number of carbonyl (C=O) groups excluding carboxylic acids is 2. The van der Waals surface area contributed by atoms with Gasteiger partial charge in [0.15, 0.2) is 0 Å². The molecule has 1 saturated heterocycles. The highest BCUT2D eigenvalue weighted by atomic mass is 32.2. The van der Waals surface area contributed by atoms with E-state index in [1.165, 1.54) is 56.1 Å². The van der Waals surface area contributed by atoms with Gasteiger partial charge in [0.05, 0.1) is 17.9 Å². The predicted molar refractivity (Wildman–Crippen MR) is 133 cm³/mol. The second-order valence-electron chi connectivity index (χ2n) is 8.32. The van der Waals surface area contributed by atoms with E-state index in [0.29, 0.717) is 25.3 Å². The van der Waals surface area contributed by atoms with Crippen LogP contribution in [0.4, 0.5) is 0 Å². The van der Waals surface area contributed by atoms with Gasteiger partial charge >= 0.3 is 0 Å². The second kappa shape index (κ2) is 14.0. The van der Waals surface area contributed by atoms with Crippen molar-refractivity contribution in [2.24, 2.45) is 0 Å². The molecule has 0 saturated carbocycles. The Morgan fingerprint density at radius 1 is 0.970 bits per heavy atom. The van der Waals surface area contributed by atoms with E-state index in [1.54, 1.807) is 13.2 Å². The molecule has 2 aromatic rings. The minimum Gasteiger partial charge on any atom is -0.383 e. The molecule has 0 radical (unpaired) electrons. The Kier molecular flexibility index (Phi) is 10.7. The lowest BCUT2D eigenvalue weighted by Gasteiger charge is -2.20. The third-order valence-electron chi connectivity index (χ3n) is 5.67. The van der Waals surface area contributed by atoms with E-state index in [9.17, 15) is 9.59 Å². The van der Waals surface area contributed by atoms with E-state index < -0.39 is 0 Å². The van der Waals surface area contributed by atoms with Gasteiger partial charge in [0.2, 0.25) is 5.91 Å². The molecule has 6 nitrogen and oxygen atoms in total. The van der Waals surface area contributed by atoms with Crippen LogP contribution in [0.1, 0.15) is 47.2 Å². The molecule has 0 bridgehead atoms. The number of amides is 2. The fraction of sp³-hybridized carbons (Fsp3) is 0.462. The Morgan fingerprint density at radius 2 is 1.73 bits per heavy atom. The third kappa shape index (κ3) is 8.84. The van der Waals surface area contributed by atoms with Crippen molar-refractivity contribution in [3.05, 3.63) is 65.2 Å². The van der Waals surface area contributed by atoms with Crippen LogP contribution in [0.25, 0.3) is 0 Å². The van der Waals surface area contributed by atoms with Gasteiger partial charge in [-0.2, -0.15) is 0 Å². The minimum absolute atomic E-state index is 0.0755. The molecule has 1 aliphatic rings. The maximum atomic E-state index is 12.9. The van der Waals surface area contributed by atoms with Crippen LogP contribution in [0.2, 0.25) is 0 Å². The van der Waals surface area contributed by atoms with Crippen LogP contribution < -0.4 is 10.6 Å².